The number of phenolic OH excluding ortho intramolecular Hbond substituents is 1. The van der Waals surface area contributed by atoms with Crippen molar-refractivity contribution in [2.45, 2.75) is 13.8 Å². The van der Waals surface area contributed by atoms with Gasteiger partial charge in [-0.25, -0.2) is 9.97 Å². The molecule has 0 atom stereocenters. The molecule has 1 fully saturated rings. The van der Waals surface area contributed by atoms with Crippen LogP contribution in [0.2, 0.25) is 5.02 Å². The molecule has 9 nitrogen and oxygen atoms in total. The van der Waals surface area contributed by atoms with Gasteiger partial charge in [-0.15, -0.1) is 0 Å². The first kappa shape index (κ1) is 25.2. The highest BCUT2D eigenvalue weighted by Gasteiger charge is 2.24. The van der Waals surface area contributed by atoms with Crippen molar-refractivity contribution in [1.29, 1.82) is 0 Å². The van der Waals surface area contributed by atoms with Crippen molar-refractivity contribution < 1.29 is 14.7 Å². The number of nitrogens with one attached hydrogen (secondary N) is 2. The Morgan fingerprint density at radius 2 is 1.72 bits per heavy atom. The maximum Gasteiger partial charge on any atom is 0.254 e. The average molecular weight is 509 g/mol. The summed E-state index contributed by atoms with van der Waals surface area (Å²) in [5.41, 5.74) is 2.04. The quantitative estimate of drug-likeness (QED) is 0.420. The maximum absolute atomic E-state index is 12.9. The van der Waals surface area contributed by atoms with Crippen LogP contribution in [0, 0.1) is 6.92 Å². The molecule has 3 aromatic rings. The van der Waals surface area contributed by atoms with E-state index in [4.69, 9.17) is 16.6 Å². The van der Waals surface area contributed by atoms with E-state index >= 15 is 0 Å². The second kappa shape index (κ2) is 11.3. The van der Waals surface area contributed by atoms with Crippen molar-refractivity contribution in [2.24, 2.45) is 0 Å². The number of benzene rings is 2. The van der Waals surface area contributed by atoms with Gasteiger partial charge in [0.2, 0.25) is 5.91 Å². The number of hydrogen-bond donors (Lipinski definition) is 3. The van der Waals surface area contributed by atoms with Gasteiger partial charge in [0.05, 0.1) is 0 Å². The molecule has 0 aliphatic carbocycles. The number of carbonyl (C=O) groups excluding carboxylic acids is 2. The number of anilines is 2. The molecule has 0 spiro atoms. The van der Waals surface area contributed by atoms with Gasteiger partial charge in [-0.1, -0.05) is 17.7 Å². The first-order chi connectivity index (χ1) is 17.3. The van der Waals surface area contributed by atoms with E-state index < -0.39 is 0 Å². The van der Waals surface area contributed by atoms with Crippen LogP contribution in [-0.2, 0) is 4.79 Å². The van der Waals surface area contributed by atoms with Crippen LogP contribution in [0.4, 0.5) is 11.6 Å². The number of piperazine rings is 1. The lowest BCUT2D eigenvalue weighted by molar-refractivity contribution is -0.118. The van der Waals surface area contributed by atoms with Gasteiger partial charge in [0.25, 0.3) is 5.91 Å². The number of hydrogen-bond acceptors (Lipinski definition) is 7. The number of phenols is 1. The third-order valence-electron chi connectivity index (χ3n) is 5.97. The fourth-order valence-electron chi connectivity index (χ4n) is 3.91. The molecule has 1 saturated heterocycles. The van der Waals surface area contributed by atoms with Crippen LogP contribution >= 0.6 is 11.6 Å². The van der Waals surface area contributed by atoms with Crippen molar-refractivity contribution in [3.05, 3.63) is 64.7 Å². The van der Waals surface area contributed by atoms with Crippen LogP contribution in [0.15, 0.2) is 48.5 Å². The summed E-state index contributed by atoms with van der Waals surface area (Å²) in [5.74, 6) is 1.87. The zero-order chi connectivity index (χ0) is 25.7. The molecule has 0 bridgehead atoms. The molecule has 1 aromatic heterocycles. The molecule has 2 amide bonds. The van der Waals surface area contributed by atoms with E-state index in [-0.39, 0.29) is 17.6 Å². The molecule has 2 aromatic carbocycles. The predicted octanol–water partition coefficient (Wildman–Crippen LogP) is 3.32. The highest BCUT2D eigenvalue weighted by molar-refractivity contribution is 6.30. The van der Waals surface area contributed by atoms with E-state index in [2.05, 4.69) is 20.5 Å². The summed E-state index contributed by atoms with van der Waals surface area (Å²) in [6.07, 6.45) is 0. The van der Waals surface area contributed by atoms with Crippen molar-refractivity contribution in [3.63, 3.8) is 0 Å². The van der Waals surface area contributed by atoms with Crippen LogP contribution < -0.4 is 15.5 Å². The summed E-state index contributed by atoms with van der Waals surface area (Å²) in [7, 11) is 0. The van der Waals surface area contributed by atoms with Crippen LogP contribution in [0.5, 0.6) is 5.75 Å². The minimum atomic E-state index is -0.102. The Morgan fingerprint density at radius 1 is 1.00 bits per heavy atom. The normalized spacial score (nSPS) is 13.4. The molecule has 2 heterocycles. The van der Waals surface area contributed by atoms with Crippen LogP contribution in [0.25, 0.3) is 11.4 Å². The SMILES string of the molecule is CC(=O)NCCNc1cc(N2CCN(C(=O)c3ccc(C)c(O)c3)CC2)nc(-c2ccc(Cl)cc2)n1. The zero-order valence-electron chi connectivity index (χ0n) is 20.3. The van der Waals surface area contributed by atoms with Crippen molar-refractivity contribution in [1.82, 2.24) is 20.2 Å². The van der Waals surface area contributed by atoms with E-state index in [1.54, 1.807) is 36.1 Å². The lowest BCUT2D eigenvalue weighted by Gasteiger charge is -2.35. The van der Waals surface area contributed by atoms with Gasteiger partial charge in [0.15, 0.2) is 5.82 Å². The molecule has 1 aliphatic rings. The first-order valence-corrected chi connectivity index (χ1v) is 12.1. The smallest absolute Gasteiger partial charge is 0.254 e. The predicted molar refractivity (Wildman–Crippen MR) is 141 cm³/mol. The van der Waals surface area contributed by atoms with Gasteiger partial charge in [-0.05, 0) is 48.9 Å². The van der Waals surface area contributed by atoms with Gasteiger partial charge in [0, 0.05) is 68.4 Å². The molecule has 1 aliphatic heterocycles. The number of halogens is 1. The number of aryl methyl sites for hydroxylation is 1. The first-order valence-electron chi connectivity index (χ1n) is 11.8. The van der Waals surface area contributed by atoms with Crippen molar-refractivity contribution in [2.75, 3.05) is 49.5 Å². The van der Waals surface area contributed by atoms with E-state index in [0.717, 1.165) is 16.9 Å². The number of aromatic hydroxyl groups is 1. The lowest BCUT2D eigenvalue weighted by atomic mass is 10.1. The Kier molecular flexibility index (Phi) is 7.90. The van der Waals surface area contributed by atoms with Gasteiger partial charge >= 0.3 is 0 Å². The summed E-state index contributed by atoms with van der Waals surface area (Å²) >= 11 is 6.05. The van der Waals surface area contributed by atoms with E-state index in [9.17, 15) is 14.7 Å². The minimum Gasteiger partial charge on any atom is -0.508 e. The topological polar surface area (TPSA) is 111 Å². The third-order valence-corrected chi connectivity index (χ3v) is 6.22. The standard InChI is InChI=1S/C26H29ClN6O3/c1-17-3-4-20(15-22(17)35)26(36)33-13-11-32(12-14-33)24-16-23(29-10-9-28-18(2)34)30-25(31-24)19-5-7-21(27)8-6-19/h3-8,15-16,35H,9-14H2,1-2H3,(H,28,34)(H,29,30,31). The second-order valence-electron chi connectivity index (χ2n) is 8.63. The monoisotopic (exact) mass is 508 g/mol. The third kappa shape index (κ3) is 6.23. The van der Waals surface area contributed by atoms with Gasteiger partial charge in [0.1, 0.15) is 17.4 Å². The maximum atomic E-state index is 12.9. The second-order valence-corrected chi connectivity index (χ2v) is 9.07. The molecule has 3 N–H and O–H groups in total. The summed E-state index contributed by atoms with van der Waals surface area (Å²) < 4.78 is 0. The molecule has 10 heteroatoms. The van der Waals surface area contributed by atoms with E-state index in [0.29, 0.717) is 61.5 Å². The zero-order valence-corrected chi connectivity index (χ0v) is 21.0. The molecular formula is C26H29ClN6O3. The lowest BCUT2D eigenvalue weighted by Crippen LogP contribution is -2.49. The Hall–Kier alpha value is -3.85. The largest absolute Gasteiger partial charge is 0.508 e. The Labute approximate surface area is 215 Å². The number of rotatable bonds is 7. The molecule has 0 saturated carbocycles. The van der Waals surface area contributed by atoms with Crippen LogP contribution in [0.3, 0.4) is 0 Å². The van der Waals surface area contributed by atoms with Crippen LogP contribution in [0.1, 0.15) is 22.8 Å². The molecule has 36 heavy (non-hydrogen) atoms. The average Bonchev–Trinajstić information content (AvgIpc) is 2.88. The van der Waals surface area contributed by atoms with Gasteiger partial charge < -0.3 is 25.5 Å². The van der Waals surface area contributed by atoms with E-state index in [1.807, 2.05) is 18.2 Å². The highest BCUT2D eigenvalue weighted by atomic mass is 35.5. The summed E-state index contributed by atoms with van der Waals surface area (Å²) in [4.78, 5) is 37.4. The Bertz CT molecular complexity index is 1240. The minimum absolute atomic E-state index is 0.0877. The molecule has 4 rings (SSSR count). The van der Waals surface area contributed by atoms with E-state index in [1.165, 1.54) is 13.0 Å². The number of carbonyl (C=O) groups is 2. The fraction of sp³-hybridized carbons (Fsp3) is 0.308. The fourth-order valence-corrected chi connectivity index (χ4v) is 4.03. The number of aromatic nitrogens is 2. The van der Waals surface area contributed by atoms with Crippen LogP contribution in [-0.4, -0.2) is 71.1 Å². The number of nitrogens with zero attached hydrogens (tertiary/aromatic N) is 4. The molecule has 0 unspecified atom stereocenters. The Balaban J connectivity index is 1.49. The van der Waals surface area contributed by atoms with Crippen molar-refractivity contribution >= 4 is 35.1 Å². The summed E-state index contributed by atoms with van der Waals surface area (Å²) in [5, 5.41) is 16.6. The summed E-state index contributed by atoms with van der Waals surface area (Å²) in [6, 6.07) is 14.2. The molecule has 0 radical (unpaired) electrons. The summed E-state index contributed by atoms with van der Waals surface area (Å²) in [6.45, 7) is 6.52. The Morgan fingerprint density at radius 3 is 2.39 bits per heavy atom. The van der Waals surface area contributed by atoms with Crippen molar-refractivity contribution in [3.8, 4) is 17.1 Å². The molecule has 188 valence electrons. The van der Waals surface area contributed by atoms with Gasteiger partial charge in [-0.3, -0.25) is 9.59 Å². The molecular weight excluding hydrogens is 480 g/mol. The van der Waals surface area contributed by atoms with Gasteiger partial charge in [-0.2, -0.15) is 0 Å². The highest BCUT2D eigenvalue weighted by Crippen LogP contribution is 2.25. The number of amides is 2.